The fraction of sp³-hybridized carbons (Fsp3) is 0.381. The maximum atomic E-state index is 12.8. The Labute approximate surface area is 147 Å². The van der Waals surface area contributed by atoms with Crippen molar-refractivity contribution in [3.8, 4) is 0 Å². The summed E-state index contributed by atoms with van der Waals surface area (Å²) in [5.41, 5.74) is 1.69. The van der Waals surface area contributed by atoms with Crippen molar-refractivity contribution in [1.29, 1.82) is 0 Å². The van der Waals surface area contributed by atoms with Gasteiger partial charge in [-0.15, -0.1) is 0 Å². The summed E-state index contributed by atoms with van der Waals surface area (Å²) in [4.78, 5) is 12.8. The number of carbonyl (C=O) groups excluding carboxylic acids is 1. The molecule has 0 radical (unpaired) electrons. The number of nitrogens with one attached hydrogen (secondary N) is 1. The van der Waals surface area contributed by atoms with Crippen LogP contribution in [0.5, 0.6) is 0 Å². The van der Waals surface area contributed by atoms with Crippen LogP contribution in [0, 0.1) is 11.8 Å². The summed E-state index contributed by atoms with van der Waals surface area (Å²) in [7, 11) is 0. The molecule has 0 spiro atoms. The first kappa shape index (κ1) is 16.3. The lowest BCUT2D eigenvalue weighted by molar-refractivity contribution is -0.125. The number of ether oxygens (including phenoxy) is 1. The van der Waals surface area contributed by atoms with Crippen LogP contribution in [0.3, 0.4) is 0 Å². The van der Waals surface area contributed by atoms with Crippen LogP contribution in [0.25, 0.3) is 0 Å². The van der Waals surface area contributed by atoms with Crippen LogP contribution in [-0.4, -0.2) is 23.7 Å². The number of fused-ring (bicyclic) bond motifs is 1. The molecule has 25 heavy (non-hydrogen) atoms. The summed E-state index contributed by atoms with van der Waals surface area (Å²) < 4.78 is 5.69. The van der Waals surface area contributed by atoms with E-state index < -0.39 is 12.1 Å². The van der Waals surface area contributed by atoms with E-state index in [0.29, 0.717) is 5.92 Å². The normalized spacial score (nSPS) is 27.0. The molecule has 2 N–H and O–H groups in total. The molecule has 2 aromatic carbocycles. The van der Waals surface area contributed by atoms with E-state index >= 15 is 0 Å². The maximum absolute atomic E-state index is 12.8. The summed E-state index contributed by atoms with van der Waals surface area (Å²) in [6.07, 6.45) is 1.35. The van der Waals surface area contributed by atoms with E-state index in [1.165, 1.54) is 0 Å². The number of amides is 1. The van der Waals surface area contributed by atoms with Crippen molar-refractivity contribution < 1.29 is 14.6 Å². The summed E-state index contributed by atoms with van der Waals surface area (Å²) in [6.45, 7) is 0.750. The highest BCUT2D eigenvalue weighted by atomic mass is 16.5. The van der Waals surface area contributed by atoms with Crippen LogP contribution >= 0.6 is 0 Å². The smallest absolute Gasteiger partial charge is 0.226 e. The molecule has 0 unspecified atom stereocenters. The highest BCUT2D eigenvalue weighted by Crippen LogP contribution is 2.48. The minimum atomic E-state index is -0.797. The lowest BCUT2D eigenvalue weighted by Crippen LogP contribution is -2.34. The lowest BCUT2D eigenvalue weighted by atomic mass is 9.95. The van der Waals surface area contributed by atoms with Crippen molar-refractivity contribution in [1.82, 2.24) is 5.32 Å². The third kappa shape index (κ3) is 3.32. The van der Waals surface area contributed by atoms with Gasteiger partial charge in [0, 0.05) is 12.5 Å². The average Bonchev–Trinajstić information content (AvgIpc) is 3.41. The Morgan fingerprint density at radius 1 is 1.04 bits per heavy atom. The molecular weight excluding hydrogens is 314 g/mol. The molecule has 1 saturated heterocycles. The predicted octanol–water partition coefficient (Wildman–Crippen LogP) is 3.00. The lowest BCUT2D eigenvalue weighted by Gasteiger charge is -2.25. The zero-order chi connectivity index (χ0) is 17.2. The minimum Gasteiger partial charge on any atom is -0.386 e. The van der Waals surface area contributed by atoms with Crippen LogP contribution in [-0.2, 0) is 9.53 Å². The van der Waals surface area contributed by atoms with Gasteiger partial charge in [-0.1, -0.05) is 60.7 Å². The number of aliphatic hydroxyl groups is 1. The topological polar surface area (TPSA) is 58.6 Å². The van der Waals surface area contributed by atoms with Gasteiger partial charge in [0.15, 0.2) is 0 Å². The van der Waals surface area contributed by atoms with Gasteiger partial charge >= 0.3 is 0 Å². The molecular formula is C21H23NO3. The number of hydrogen-bond acceptors (Lipinski definition) is 3. The number of rotatable bonds is 5. The molecule has 1 aliphatic heterocycles. The van der Waals surface area contributed by atoms with Gasteiger partial charge in [0.25, 0.3) is 0 Å². The van der Waals surface area contributed by atoms with E-state index in [2.05, 4.69) is 5.32 Å². The third-order valence-corrected chi connectivity index (χ3v) is 5.30. The van der Waals surface area contributed by atoms with Crippen molar-refractivity contribution in [2.75, 3.05) is 6.61 Å². The van der Waals surface area contributed by atoms with E-state index in [1.807, 2.05) is 60.7 Å². The van der Waals surface area contributed by atoms with Crippen LogP contribution in [0.2, 0.25) is 0 Å². The van der Waals surface area contributed by atoms with Crippen LogP contribution < -0.4 is 5.32 Å². The maximum Gasteiger partial charge on any atom is 0.226 e. The standard InChI is InChI=1S/C21H23NO3/c23-19(15-10-5-2-6-11-15)18(14-8-3-1-4-9-14)22-21(24)17-16-12-7-13-25-20(16)17/h1-6,8-11,16-20,23H,7,12-13H2,(H,22,24)/t16-,17-,18-,19+,20-/m1/s1. The van der Waals surface area contributed by atoms with E-state index in [4.69, 9.17) is 4.74 Å². The van der Waals surface area contributed by atoms with E-state index in [-0.39, 0.29) is 17.9 Å². The van der Waals surface area contributed by atoms with Gasteiger partial charge in [0.2, 0.25) is 5.91 Å². The molecule has 2 aliphatic rings. The second-order valence-corrected chi connectivity index (χ2v) is 6.92. The van der Waals surface area contributed by atoms with Gasteiger partial charge in [-0.05, 0) is 24.0 Å². The van der Waals surface area contributed by atoms with Crippen LogP contribution in [0.1, 0.15) is 36.1 Å². The Kier molecular flexibility index (Phi) is 4.55. The molecule has 130 valence electrons. The minimum absolute atomic E-state index is 0.0132. The molecule has 4 nitrogen and oxygen atoms in total. The van der Waals surface area contributed by atoms with Crippen molar-refractivity contribution in [2.45, 2.75) is 31.1 Å². The molecule has 5 atom stereocenters. The molecule has 0 aromatic heterocycles. The summed E-state index contributed by atoms with van der Waals surface area (Å²) in [6, 6.07) is 18.6. The Balaban J connectivity index is 1.55. The summed E-state index contributed by atoms with van der Waals surface area (Å²) in [5, 5.41) is 14.0. The summed E-state index contributed by atoms with van der Waals surface area (Å²) >= 11 is 0. The third-order valence-electron chi connectivity index (χ3n) is 5.30. The number of benzene rings is 2. The van der Waals surface area contributed by atoms with Crippen LogP contribution in [0.15, 0.2) is 60.7 Å². The first-order chi connectivity index (χ1) is 12.3. The highest BCUT2D eigenvalue weighted by molar-refractivity contribution is 5.83. The van der Waals surface area contributed by atoms with Crippen molar-refractivity contribution >= 4 is 5.91 Å². The van der Waals surface area contributed by atoms with Gasteiger partial charge in [-0.2, -0.15) is 0 Å². The second kappa shape index (κ2) is 6.98. The Morgan fingerprint density at radius 2 is 1.68 bits per heavy atom. The SMILES string of the molecule is O=C(N[C@H](c1ccccc1)[C@@H](O)c1ccccc1)[C@@H]1[C@H]2CCCO[C@H]21. The van der Waals surface area contributed by atoms with Gasteiger partial charge in [0.1, 0.15) is 6.10 Å². The van der Waals surface area contributed by atoms with Crippen LogP contribution in [0.4, 0.5) is 0 Å². The van der Waals surface area contributed by atoms with Gasteiger partial charge in [-0.3, -0.25) is 4.79 Å². The Hall–Kier alpha value is -2.17. The highest BCUT2D eigenvalue weighted by Gasteiger charge is 2.57. The zero-order valence-corrected chi connectivity index (χ0v) is 14.0. The first-order valence-corrected chi connectivity index (χ1v) is 8.95. The van der Waals surface area contributed by atoms with Crippen molar-refractivity contribution in [3.63, 3.8) is 0 Å². The zero-order valence-electron chi connectivity index (χ0n) is 14.0. The average molecular weight is 337 g/mol. The molecule has 4 heteroatoms. The molecule has 1 aliphatic carbocycles. The molecule has 1 amide bonds. The number of hydrogen-bond donors (Lipinski definition) is 2. The fourth-order valence-electron chi connectivity index (χ4n) is 3.89. The second-order valence-electron chi connectivity index (χ2n) is 6.92. The monoisotopic (exact) mass is 337 g/mol. The van der Waals surface area contributed by atoms with Gasteiger partial charge < -0.3 is 15.2 Å². The molecule has 0 bridgehead atoms. The molecule has 4 rings (SSSR count). The quantitative estimate of drug-likeness (QED) is 0.882. The summed E-state index contributed by atoms with van der Waals surface area (Å²) in [5.74, 6) is 0.261. The predicted molar refractivity (Wildman–Crippen MR) is 94.7 cm³/mol. The van der Waals surface area contributed by atoms with E-state index in [9.17, 15) is 9.90 Å². The van der Waals surface area contributed by atoms with E-state index in [1.54, 1.807) is 0 Å². The largest absolute Gasteiger partial charge is 0.386 e. The fourth-order valence-corrected chi connectivity index (χ4v) is 3.89. The number of aliphatic hydroxyl groups excluding tert-OH is 1. The Morgan fingerprint density at radius 3 is 2.28 bits per heavy atom. The van der Waals surface area contributed by atoms with Gasteiger partial charge in [-0.25, -0.2) is 0 Å². The molecule has 2 fully saturated rings. The van der Waals surface area contributed by atoms with Crippen molar-refractivity contribution in [2.24, 2.45) is 11.8 Å². The molecule has 2 aromatic rings. The molecule has 1 heterocycles. The first-order valence-electron chi connectivity index (χ1n) is 8.95. The van der Waals surface area contributed by atoms with E-state index in [0.717, 1.165) is 30.6 Å². The van der Waals surface area contributed by atoms with Gasteiger partial charge in [0.05, 0.1) is 18.1 Å². The molecule has 1 saturated carbocycles. The van der Waals surface area contributed by atoms with Crippen molar-refractivity contribution in [3.05, 3.63) is 71.8 Å². The Bertz CT molecular complexity index is 706. The number of carbonyl (C=O) groups is 1.